The smallest absolute Gasteiger partial charge is 0.272 e. The number of amides is 1. The van der Waals surface area contributed by atoms with Crippen LogP contribution in [-0.2, 0) is 0 Å². The molecule has 1 saturated carbocycles. The second-order valence-corrected chi connectivity index (χ2v) is 3.42. The Morgan fingerprint density at radius 2 is 2.50 bits per heavy atom. The van der Waals surface area contributed by atoms with Gasteiger partial charge in [-0.2, -0.15) is 0 Å². The lowest BCUT2D eigenvalue weighted by Crippen LogP contribution is -2.35. The van der Waals surface area contributed by atoms with Gasteiger partial charge < -0.3 is 15.0 Å². The fourth-order valence-electron chi connectivity index (χ4n) is 1.47. The molecule has 14 heavy (non-hydrogen) atoms. The van der Waals surface area contributed by atoms with Gasteiger partial charge in [0.05, 0.1) is 19.1 Å². The summed E-state index contributed by atoms with van der Waals surface area (Å²) in [6.45, 7) is 0.416. The molecule has 1 aromatic heterocycles. The molecule has 1 fully saturated rings. The first kappa shape index (κ1) is 9.21. The van der Waals surface area contributed by atoms with E-state index in [1.807, 2.05) is 0 Å². The summed E-state index contributed by atoms with van der Waals surface area (Å²) < 4.78 is 0. The summed E-state index contributed by atoms with van der Waals surface area (Å²) in [6, 6.07) is 0.318. The fraction of sp³-hybridized carbons (Fsp3) is 0.556. The zero-order valence-electron chi connectivity index (χ0n) is 7.81. The topological polar surface area (TPSA) is 69.2 Å². The van der Waals surface area contributed by atoms with Gasteiger partial charge in [-0.05, 0) is 12.8 Å². The number of nitrogens with one attached hydrogen (secondary N) is 1. The van der Waals surface area contributed by atoms with Crippen LogP contribution in [-0.4, -0.2) is 45.1 Å². The zero-order chi connectivity index (χ0) is 9.97. The molecule has 1 amide bonds. The van der Waals surface area contributed by atoms with Crippen molar-refractivity contribution in [2.24, 2.45) is 0 Å². The minimum absolute atomic E-state index is 0.0103. The van der Waals surface area contributed by atoms with Crippen molar-refractivity contribution in [2.45, 2.75) is 18.9 Å². The fourth-order valence-corrected chi connectivity index (χ4v) is 1.47. The number of aromatic amines is 1. The van der Waals surface area contributed by atoms with Crippen LogP contribution >= 0.6 is 0 Å². The molecule has 1 heterocycles. The monoisotopic (exact) mass is 195 g/mol. The number of aromatic nitrogens is 2. The van der Waals surface area contributed by atoms with Crippen molar-refractivity contribution in [3.63, 3.8) is 0 Å². The lowest BCUT2D eigenvalue weighted by Gasteiger charge is -2.20. The van der Waals surface area contributed by atoms with Crippen molar-refractivity contribution in [1.82, 2.24) is 14.9 Å². The second-order valence-electron chi connectivity index (χ2n) is 3.42. The van der Waals surface area contributed by atoms with Crippen molar-refractivity contribution >= 4 is 5.91 Å². The molecule has 0 spiro atoms. The largest absolute Gasteiger partial charge is 0.395 e. The average Bonchev–Trinajstić information content (AvgIpc) is 2.88. The Balaban J connectivity index is 2.07. The SMILES string of the molecule is O=C(c1cnc[nH]1)N(CCO)C1CC1. The van der Waals surface area contributed by atoms with Crippen LogP contribution in [0.4, 0.5) is 0 Å². The molecule has 1 aliphatic carbocycles. The van der Waals surface area contributed by atoms with Crippen LogP contribution in [0.2, 0.25) is 0 Å². The van der Waals surface area contributed by atoms with Gasteiger partial charge in [0.2, 0.25) is 0 Å². The van der Waals surface area contributed by atoms with E-state index in [9.17, 15) is 4.79 Å². The number of aliphatic hydroxyl groups excluding tert-OH is 1. The Labute approximate surface area is 81.8 Å². The summed E-state index contributed by atoms with van der Waals surface area (Å²) in [5.74, 6) is -0.0703. The predicted molar refractivity (Wildman–Crippen MR) is 49.7 cm³/mol. The third-order valence-electron chi connectivity index (χ3n) is 2.32. The van der Waals surface area contributed by atoms with Gasteiger partial charge in [-0.1, -0.05) is 0 Å². The van der Waals surface area contributed by atoms with Crippen LogP contribution in [0.5, 0.6) is 0 Å². The summed E-state index contributed by atoms with van der Waals surface area (Å²) in [5.41, 5.74) is 0.491. The van der Waals surface area contributed by atoms with Crippen molar-refractivity contribution in [2.75, 3.05) is 13.2 Å². The van der Waals surface area contributed by atoms with Gasteiger partial charge in [0, 0.05) is 12.6 Å². The van der Waals surface area contributed by atoms with E-state index in [2.05, 4.69) is 9.97 Å². The molecule has 2 N–H and O–H groups in total. The number of imidazole rings is 1. The first-order chi connectivity index (χ1) is 6.83. The molecular weight excluding hydrogens is 182 g/mol. The molecule has 0 atom stereocenters. The van der Waals surface area contributed by atoms with E-state index in [0.717, 1.165) is 12.8 Å². The number of rotatable bonds is 4. The molecule has 5 heteroatoms. The van der Waals surface area contributed by atoms with E-state index in [1.54, 1.807) is 4.90 Å². The molecule has 0 aliphatic heterocycles. The highest BCUT2D eigenvalue weighted by atomic mass is 16.3. The Hall–Kier alpha value is -1.36. The third-order valence-corrected chi connectivity index (χ3v) is 2.32. The average molecular weight is 195 g/mol. The number of carbonyl (C=O) groups excluding carboxylic acids is 1. The first-order valence-corrected chi connectivity index (χ1v) is 4.73. The van der Waals surface area contributed by atoms with Gasteiger partial charge in [0.25, 0.3) is 5.91 Å². The Kier molecular flexibility index (Phi) is 2.49. The predicted octanol–water partition coefficient (Wildman–Crippen LogP) is 0.00660. The van der Waals surface area contributed by atoms with Gasteiger partial charge in [0.15, 0.2) is 0 Å². The van der Waals surface area contributed by atoms with Crippen LogP contribution in [0.3, 0.4) is 0 Å². The van der Waals surface area contributed by atoms with Gasteiger partial charge in [0.1, 0.15) is 5.69 Å². The zero-order valence-corrected chi connectivity index (χ0v) is 7.81. The van der Waals surface area contributed by atoms with E-state index < -0.39 is 0 Å². The van der Waals surface area contributed by atoms with Gasteiger partial charge >= 0.3 is 0 Å². The van der Waals surface area contributed by atoms with Crippen LogP contribution in [0.15, 0.2) is 12.5 Å². The number of nitrogens with zero attached hydrogens (tertiary/aromatic N) is 2. The maximum absolute atomic E-state index is 11.8. The standard InChI is InChI=1S/C9H13N3O2/c13-4-3-12(7-1-2-7)9(14)8-5-10-6-11-8/h5-7,13H,1-4H2,(H,10,11). The Morgan fingerprint density at radius 1 is 1.71 bits per heavy atom. The summed E-state index contributed by atoms with van der Waals surface area (Å²) >= 11 is 0. The number of hydrogen-bond donors (Lipinski definition) is 2. The van der Waals surface area contributed by atoms with Crippen molar-refractivity contribution in [3.05, 3.63) is 18.2 Å². The number of hydrogen-bond acceptors (Lipinski definition) is 3. The highest BCUT2D eigenvalue weighted by Gasteiger charge is 2.32. The van der Waals surface area contributed by atoms with Crippen molar-refractivity contribution < 1.29 is 9.90 Å². The van der Waals surface area contributed by atoms with Crippen LogP contribution in [0, 0.1) is 0 Å². The van der Waals surface area contributed by atoms with Gasteiger partial charge in [-0.25, -0.2) is 4.98 Å². The quantitative estimate of drug-likeness (QED) is 0.710. The van der Waals surface area contributed by atoms with Gasteiger partial charge in [-0.15, -0.1) is 0 Å². The summed E-state index contributed by atoms with van der Waals surface area (Å²) in [7, 11) is 0. The molecule has 0 unspecified atom stereocenters. The minimum Gasteiger partial charge on any atom is -0.395 e. The molecule has 0 saturated heterocycles. The number of H-pyrrole nitrogens is 1. The minimum atomic E-state index is -0.0703. The molecule has 76 valence electrons. The summed E-state index contributed by atoms with van der Waals surface area (Å²) in [6.07, 6.45) is 5.08. The van der Waals surface area contributed by atoms with E-state index in [1.165, 1.54) is 12.5 Å². The normalized spacial score (nSPS) is 15.5. The molecule has 0 radical (unpaired) electrons. The molecule has 0 aromatic carbocycles. The third kappa shape index (κ3) is 1.77. The Bertz CT molecular complexity index is 306. The van der Waals surface area contributed by atoms with Crippen LogP contribution in [0.1, 0.15) is 23.3 Å². The van der Waals surface area contributed by atoms with Crippen molar-refractivity contribution in [3.8, 4) is 0 Å². The van der Waals surface area contributed by atoms with E-state index in [-0.39, 0.29) is 12.5 Å². The first-order valence-electron chi connectivity index (χ1n) is 4.73. The van der Waals surface area contributed by atoms with E-state index in [4.69, 9.17) is 5.11 Å². The molecular formula is C9H13N3O2. The van der Waals surface area contributed by atoms with Crippen molar-refractivity contribution in [1.29, 1.82) is 0 Å². The molecule has 5 nitrogen and oxygen atoms in total. The van der Waals surface area contributed by atoms with Crippen LogP contribution < -0.4 is 0 Å². The highest BCUT2D eigenvalue weighted by molar-refractivity contribution is 5.92. The Morgan fingerprint density at radius 3 is 3.00 bits per heavy atom. The maximum Gasteiger partial charge on any atom is 0.272 e. The van der Waals surface area contributed by atoms with E-state index >= 15 is 0 Å². The lowest BCUT2D eigenvalue weighted by molar-refractivity contribution is 0.0702. The molecule has 2 rings (SSSR count). The lowest BCUT2D eigenvalue weighted by atomic mass is 10.3. The number of aliphatic hydroxyl groups is 1. The van der Waals surface area contributed by atoms with E-state index in [0.29, 0.717) is 18.3 Å². The maximum atomic E-state index is 11.8. The van der Waals surface area contributed by atoms with Gasteiger partial charge in [-0.3, -0.25) is 4.79 Å². The molecule has 1 aromatic rings. The molecule has 1 aliphatic rings. The van der Waals surface area contributed by atoms with Crippen LogP contribution in [0.25, 0.3) is 0 Å². The summed E-state index contributed by atoms with van der Waals surface area (Å²) in [5, 5.41) is 8.84. The highest BCUT2D eigenvalue weighted by Crippen LogP contribution is 2.27. The molecule has 0 bridgehead atoms. The summed E-state index contributed by atoms with van der Waals surface area (Å²) in [4.78, 5) is 20.1. The second kappa shape index (κ2) is 3.79. The number of carbonyl (C=O) groups is 1.